The van der Waals surface area contributed by atoms with Crippen molar-refractivity contribution in [1.82, 2.24) is 19.6 Å². The van der Waals surface area contributed by atoms with Gasteiger partial charge in [-0.05, 0) is 58.7 Å². The third kappa shape index (κ3) is 5.24. The van der Waals surface area contributed by atoms with Crippen LogP contribution in [0.5, 0.6) is 0 Å². The first kappa shape index (κ1) is 26.1. The topological polar surface area (TPSA) is 135 Å². The summed E-state index contributed by atoms with van der Waals surface area (Å²) in [6.07, 6.45) is 2.18. The van der Waals surface area contributed by atoms with Crippen LogP contribution in [0.4, 0.5) is 5.95 Å². The Morgan fingerprint density at radius 2 is 1.61 bits per heavy atom. The summed E-state index contributed by atoms with van der Waals surface area (Å²) in [5.41, 5.74) is 9.13. The molecular formula is C31H25N5O4S. The Kier molecular flexibility index (Phi) is 6.68. The first-order chi connectivity index (χ1) is 19.8. The molecule has 5 aromatic rings. The van der Waals surface area contributed by atoms with Crippen molar-refractivity contribution >= 4 is 38.6 Å². The van der Waals surface area contributed by atoms with Crippen LogP contribution in [0.2, 0.25) is 0 Å². The van der Waals surface area contributed by atoms with E-state index in [0.717, 1.165) is 16.3 Å². The van der Waals surface area contributed by atoms with Gasteiger partial charge in [-0.2, -0.15) is 0 Å². The second kappa shape index (κ2) is 10.5. The van der Waals surface area contributed by atoms with Crippen LogP contribution in [0, 0.1) is 0 Å². The highest BCUT2D eigenvalue weighted by atomic mass is 32.2. The Hall–Kier alpha value is -5.09. The fourth-order valence-electron chi connectivity index (χ4n) is 5.02. The Labute approximate surface area is 236 Å². The summed E-state index contributed by atoms with van der Waals surface area (Å²) in [6, 6.07) is 26.0. The SMILES string of the molecule is Nc1nccc(-c2ccc(C(=O)NS(=O)(=O)c3ccc4ccccc4c3)cc2C(=O)N2CCc3ccccc3C2)n1. The number of anilines is 1. The van der Waals surface area contributed by atoms with Crippen molar-refractivity contribution in [1.29, 1.82) is 0 Å². The third-order valence-corrected chi connectivity index (χ3v) is 8.47. The van der Waals surface area contributed by atoms with Gasteiger partial charge < -0.3 is 10.6 Å². The van der Waals surface area contributed by atoms with Crippen LogP contribution in [-0.4, -0.2) is 41.6 Å². The van der Waals surface area contributed by atoms with E-state index in [2.05, 4.69) is 14.7 Å². The van der Waals surface area contributed by atoms with Crippen molar-refractivity contribution in [2.75, 3.05) is 12.3 Å². The molecule has 204 valence electrons. The molecule has 0 unspecified atom stereocenters. The van der Waals surface area contributed by atoms with Crippen molar-refractivity contribution in [3.05, 3.63) is 119 Å². The number of amides is 2. The smallest absolute Gasteiger partial charge is 0.265 e. The van der Waals surface area contributed by atoms with Crippen molar-refractivity contribution in [2.45, 2.75) is 17.9 Å². The molecule has 1 aliphatic heterocycles. The van der Waals surface area contributed by atoms with E-state index in [0.29, 0.717) is 30.8 Å². The van der Waals surface area contributed by atoms with E-state index in [1.54, 1.807) is 29.2 Å². The maximum atomic E-state index is 13.9. The van der Waals surface area contributed by atoms with E-state index >= 15 is 0 Å². The number of sulfonamides is 1. The summed E-state index contributed by atoms with van der Waals surface area (Å²) in [4.78, 5) is 37.0. The highest BCUT2D eigenvalue weighted by molar-refractivity contribution is 7.90. The van der Waals surface area contributed by atoms with Crippen molar-refractivity contribution in [3.63, 3.8) is 0 Å². The molecule has 0 radical (unpaired) electrons. The predicted octanol–water partition coefficient (Wildman–Crippen LogP) is 4.20. The van der Waals surface area contributed by atoms with Gasteiger partial charge in [0, 0.05) is 36.0 Å². The van der Waals surface area contributed by atoms with Crippen LogP contribution in [0.1, 0.15) is 31.8 Å². The number of rotatable bonds is 5. The van der Waals surface area contributed by atoms with Gasteiger partial charge >= 0.3 is 0 Å². The predicted molar refractivity (Wildman–Crippen MR) is 155 cm³/mol. The lowest BCUT2D eigenvalue weighted by Crippen LogP contribution is -2.36. The highest BCUT2D eigenvalue weighted by Gasteiger charge is 2.26. The Morgan fingerprint density at radius 1 is 0.854 bits per heavy atom. The molecule has 2 heterocycles. The largest absolute Gasteiger partial charge is 0.368 e. The van der Waals surface area contributed by atoms with Gasteiger partial charge in [-0.1, -0.05) is 60.7 Å². The normalized spacial score (nSPS) is 13.0. The van der Waals surface area contributed by atoms with Crippen LogP contribution in [0.25, 0.3) is 22.0 Å². The van der Waals surface area contributed by atoms with Gasteiger partial charge in [-0.25, -0.2) is 23.1 Å². The zero-order valence-corrected chi connectivity index (χ0v) is 22.6. The number of nitrogen functional groups attached to an aromatic ring is 1. The quantitative estimate of drug-likeness (QED) is 0.327. The van der Waals surface area contributed by atoms with Crippen molar-refractivity contribution in [3.8, 4) is 11.3 Å². The minimum atomic E-state index is -4.19. The number of hydrogen-bond donors (Lipinski definition) is 2. The van der Waals surface area contributed by atoms with Gasteiger partial charge in [0.15, 0.2) is 0 Å². The average Bonchev–Trinajstić information content (AvgIpc) is 2.99. The molecule has 6 rings (SSSR count). The zero-order valence-electron chi connectivity index (χ0n) is 21.8. The summed E-state index contributed by atoms with van der Waals surface area (Å²) in [6.45, 7) is 0.904. The zero-order chi connectivity index (χ0) is 28.6. The van der Waals surface area contributed by atoms with E-state index in [4.69, 9.17) is 5.73 Å². The molecule has 0 saturated heterocycles. The molecule has 0 fully saturated rings. The van der Waals surface area contributed by atoms with Crippen LogP contribution >= 0.6 is 0 Å². The fraction of sp³-hybridized carbons (Fsp3) is 0.0968. The van der Waals surface area contributed by atoms with Crippen LogP contribution < -0.4 is 10.5 Å². The summed E-state index contributed by atoms with van der Waals surface area (Å²) in [7, 11) is -4.19. The summed E-state index contributed by atoms with van der Waals surface area (Å²) < 4.78 is 28.4. The highest BCUT2D eigenvalue weighted by Crippen LogP contribution is 2.28. The number of hydrogen-bond acceptors (Lipinski definition) is 7. The molecule has 10 heteroatoms. The molecule has 1 aromatic heterocycles. The van der Waals surface area contributed by atoms with Gasteiger partial charge in [-0.15, -0.1) is 0 Å². The molecule has 0 spiro atoms. The summed E-state index contributed by atoms with van der Waals surface area (Å²) in [5.74, 6) is -1.13. The molecule has 0 atom stereocenters. The Bertz CT molecular complexity index is 1940. The lowest BCUT2D eigenvalue weighted by atomic mass is 9.96. The van der Waals surface area contributed by atoms with Crippen molar-refractivity contribution in [2.24, 2.45) is 0 Å². The van der Waals surface area contributed by atoms with Crippen LogP contribution in [0.15, 0.2) is 102 Å². The third-order valence-electron chi connectivity index (χ3n) is 7.14. The molecule has 3 N–H and O–H groups in total. The number of carbonyl (C=O) groups is 2. The molecule has 1 aliphatic rings. The summed E-state index contributed by atoms with van der Waals surface area (Å²) >= 11 is 0. The first-order valence-electron chi connectivity index (χ1n) is 12.9. The standard InChI is InChI=1S/C31H25N5O4S/c32-31-33-15-13-28(34-31)26-12-10-23(18-27(26)30(38)36-16-14-21-6-2-4-8-24(21)19-36)29(37)35-41(39,40)25-11-9-20-5-1-3-7-22(20)17-25/h1-13,15,17-18H,14,16,19H2,(H,35,37)(H2,32,33,34). The number of nitrogens with zero attached hydrogens (tertiary/aromatic N) is 3. The van der Waals surface area contributed by atoms with E-state index in [1.165, 1.54) is 36.0 Å². The second-order valence-electron chi connectivity index (χ2n) is 9.75. The number of carbonyl (C=O) groups excluding carboxylic acids is 2. The van der Waals surface area contributed by atoms with Crippen molar-refractivity contribution < 1.29 is 18.0 Å². The minimum absolute atomic E-state index is 0.0147. The summed E-state index contributed by atoms with van der Waals surface area (Å²) in [5, 5.41) is 1.61. The molecule has 4 aromatic carbocycles. The second-order valence-corrected chi connectivity index (χ2v) is 11.4. The molecule has 0 aliphatic carbocycles. The maximum Gasteiger partial charge on any atom is 0.265 e. The number of nitrogens with two attached hydrogens (primary N) is 1. The number of aromatic nitrogens is 2. The van der Waals surface area contributed by atoms with Gasteiger partial charge in [0.1, 0.15) is 0 Å². The molecule has 0 bridgehead atoms. The number of nitrogens with one attached hydrogen (secondary N) is 1. The van der Waals surface area contributed by atoms with Gasteiger partial charge in [0.2, 0.25) is 5.95 Å². The fourth-order valence-corrected chi connectivity index (χ4v) is 6.03. The molecule has 2 amide bonds. The number of fused-ring (bicyclic) bond motifs is 2. The van der Waals surface area contributed by atoms with E-state index in [-0.39, 0.29) is 27.9 Å². The molecule has 9 nitrogen and oxygen atoms in total. The molecule has 0 saturated carbocycles. The monoisotopic (exact) mass is 563 g/mol. The van der Waals surface area contributed by atoms with Crippen LogP contribution in [-0.2, 0) is 23.0 Å². The minimum Gasteiger partial charge on any atom is -0.368 e. The van der Waals surface area contributed by atoms with Gasteiger partial charge in [0.05, 0.1) is 10.6 Å². The lowest BCUT2D eigenvalue weighted by molar-refractivity contribution is 0.0735. The van der Waals surface area contributed by atoms with Gasteiger partial charge in [-0.3, -0.25) is 9.59 Å². The lowest BCUT2D eigenvalue weighted by Gasteiger charge is -2.29. The Balaban J connectivity index is 1.34. The van der Waals surface area contributed by atoms with E-state index in [1.807, 2.05) is 42.5 Å². The van der Waals surface area contributed by atoms with E-state index < -0.39 is 15.9 Å². The van der Waals surface area contributed by atoms with E-state index in [9.17, 15) is 18.0 Å². The maximum absolute atomic E-state index is 13.9. The molecule has 41 heavy (non-hydrogen) atoms. The van der Waals surface area contributed by atoms with Crippen LogP contribution in [0.3, 0.4) is 0 Å². The molecular weight excluding hydrogens is 538 g/mol. The average molecular weight is 564 g/mol. The number of benzene rings is 4. The Morgan fingerprint density at radius 3 is 2.41 bits per heavy atom. The van der Waals surface area contributed by atoms with Gasteiger partial charge in [0.25, 0.3) is 21.8 Å². The first-order valence-corrected chi connectivity index (χ1v) is 14.4.